The fraction of sp³-hybridized carbons (Fsp3) is 0.545. The summed E-state index contributed by atoms with van der Waals surface area (Å²) < 4.78 is 0. The molecule has 0 radical (unpaired) electrons. The van der Waals surface area contributed by atoms with Gasteiger partial charge in [0.05, 0.1) is 12.2 Å². The highest BCUT2D eigenvalue weighted by molar-refractivity contribution is 5.86. The van der Waals surface area contributed by atoms with Gasteiger partial charge in [0.25, 0.3) is 0 Å². The van der Waals surface area contributed by atoms with Crippen molar-refractivity contribution < 1.29 is 24.9 Å². The topological polar surface area (TPSA) is 94.8 Å². The van der Waals surface area contributed by atoms with Gasteiger partial charge >= 0.3 is 5.97 Å². The van der Waals surface area contributed by atoms with Crippen LogP contribution in [-0.2, 0) is 9.59 Å². The summed E-state index contributed by atoms with van der Waals surface area (Å²) in [4.78, 5) is 22.5. The maximum atomic E-state index is 12.1. The molecule has 0 spiro atoms. The lowest BCUT2D eigenvalue weighted by Crippen LogP contribution is -2.19. The van der Waals surface area contributed by atoms with Gasteiger partial charge in [0.1, 0.15) is 5.78 Å². The molecule has 4 atom stereocenters. The molecule has 0 bridgehead atoms. The number of carboxylic acids is 1. The zero-order valence-corrected chi connectivity index (χ0v) is 16.0. The second-order valence-corrected chi connectivity index (χ2v) is 6.84. The monoisotopic (exact) mass is 376 g/mol. The van der Waals surface area contributed by atoms with Crippen molar-refractivity contribution in [3.8, 4) is 0 Å². The Morgan fingerprint density at radius 3 is 2.63 bits per heavy atom. The van der Waals surface area contributed by atoms with Crippen LogP contribution in [0.1, 0.15) is 51.9 Å². The number of carbonyl (C=O) groups excluding carboxylic acids is 1. The van der Waals surface area contributed by atoms with E-state index in [0.717, 1.165) is 6.42 Å². The molecule has 0 aromatic heterocycles. The van der Waals surface area contributed by atoms with E-state index in [1.54, 1.807) is 12.2 Å². The van der Waals surface area contributed by atoms with Crippen molar-refractivity contribution in [2.75, 3.05) is 0 Å². The van der Waals surface area contributed by atoms with E-state index in [9.17, 15) is 19.8 Å². The Kier molecular flexibility index (Phi) is 11.3. The van der Waals surface area contributed by atoms with Crippen LogP contribution in [0.4, 0.5) is 0 Å². The number of allylic oxidation sites excluding steroid dienone is 6. The predicted octanol–water partition coefficient (Wildman–Crippen LogP) is 3.58. The van der Waals surface area contributed by atoms with Gasteiger partial charge in [-0.25, -0.2) is 0 Å². The largest absolute Gasteiger partial charge is 0.481 e. The summed E-state index contributed by atoms with van der Waals surface area (Å²) in [5.41, 5.74) is 0. The lowest BCUT2D eigenvalue weighted by Gasteiger charge is -2.16. The van der Waals surface area contributed by atoms with Gasteiger partial charge in [0.2, 0.25) is 0 Å². The molecule has 150 valence electrons. The van der Waals surface area contributed by atoms with Crippen molar-refractivity contribution in [3.63, 3.8) is 0 Å². The van der Waals surface area contributed by atoms with E-state index in [-0.39, 0.29) is 30.5 Å². The maximum Gasteiger partial charge on any atom is 0.303 e. The molecule has 5 nitrogen and oxygen atoms in total. The normalized spacial score (nSPS) is 24.9. The Balaban J connectivity index is 2.48. The van der Waals surface area contributed by atoms with Crippen LogP contribution in [0.25, 0.3) is 0 Å². The molecular formula is C22H32O5. The third kappa shape index (κ3) is 9.50. The van der Waals surface area contributed by atoms with Crippen molar-refractivity contribution in [2.24, 2.45) is 11.8 Å². The predicted molar refractivity (Wildman–Crippen MR) is 106 cm³/mol. The zero-order valence-electron chi connectivity index (χ0n) is 16.0. The first-order valence-corrected chi connectivity index (χ1v) is 9.69. The number of aliphatic hydroxyl groups excluding tert-OH is 2. The van der Waals surface area contributed by atoms with Gasteiger partial charge in [0.15, 0.2) is 0 Å². The minimum Gasteiger partial charge on any atom is -0.481 e. The van der Waals surface area contributed by atoms with Gasteiger partial charge in [-0.1, -0.05) is 55.5 Å². The molecule has 1 fully saturated rings. The molecule has 1 rings (SSSR count). The molecule has 0 saturated heterocycles. The average molecular weight is 376 g/mol. The molecule has 0 unspecified atom stereocenters. The van der Waals surface area contributed by atoms with E-state index >= 15 is 0 Å². The molecule has 0 heterocycles. The van der Waals surface area contributed by atoms with Gasteiger partial charge in [-0.05, 0) is 32.1 Å². The second-order valence-electron chi connectivity index (χ2n) is 6.84. The van der Waals surface area contributed by atoms with E-state index in [0.29, 0.717) is 25.7 Å². The van der Waals surface area contributed by atoms with Crippen molar-refractivity contribution in [1.29, 1.82) is 0 Å². The van der Waals surface area contributed by atoms with Crippen LogP contribution >= 0.6 is 0 Å². The van der Waals surface area contributed by atoms with Gasteiger partial charge in [0, 0.05) is 24.7 Å². The smallest absolute Gasteiger partial charge is 0.303 e. The quantitative estimate of drug-likeness (QED) is 0.453. The highest BCUT2D eigenvalue weighted by Crippen LogP contribution is 2.33. The van der Waals surface area contributed by atoms with Crippen molar-refractivity contribution in [2.45, 2.75) is 64.1 Å². The fourth-order valence-corrected chi connectivity index (χ4v) is 3.10. The number of hydrogen-bond acceptors (Lipinski definition) is 4. The minimum absolute atomic E-state index is 0.0158. The first-order valence-electron chi connectivity index (χ1n) is 9.69. The number of ketones is 1. The molecule has 3 N–H and O–H groups in total. The van der Waals surface area contributed by atoms with Crippen LogP contribution in [0.5, 0.6) is 0 Å². The van der Waals surface area contributed by atoms with E-state index in [1.807, 2.05) is 43.4 Å². The molecule has 1 saturated carbocycles. The number of carboxylic acid groups (broad SMARTS) is 1. The summed E-state index contributed by atoms with van der Waals surface area (Å²) in [5.74, 6) is -1.32. The summed E-state index contributed by atoms with van der Waals surface area (Å²) in [6, 6.07) is 0. The summed E-state index contributed by atoms with van der Waals surface area (Å²) in [6.45, 7) is 2.03. The van der Waals surface area contributed by atoms with Crippen molar-refractivity contribution in [3.05, 3.63) is 48.6 Å². The number of hydrogen-bond donors (Lipinski definition) is 3. The SMILES string of the molecule is CC/C=C\C[C@H](O)/C=C/[C@@H]1C(=O)C[C@@H](O)[C@H]1C/C=C\C/C=C\CCC(=O)O. The average Bonchev–Trinajstić information content (AvgIpc) is 2.88. The molecule has 27 heavy (non-hydrogen) atoms. The Morgan fingerprint density at radius 1 is 1.19 bits per heavy atom. The van der Waals surface area contributed by atoms with E-state index in [1.165, 1.54) is 0 Å². The summed E-state index contributed by atoms with van der Waals surface area (Å²) in [6.07, 6.45) is 17.2. The number of rotatable bonds is 12. The highest BCUT2D eigenvalue weighted by atomic mass is 16.4. The summed E-state index contributed by atoms with van der Waals surface area (Å²) in [5, 5.41) is 28.7. The number of Topliss-reactive ketones (excluding diaryl/α,β-unsaturated/α-hetero) is 1. The van der Waals surface area contributed by atoms with Crippen LogP contribution in [-0.4, -0.2) is 39.3 Å². The Hall–Kier alpha value is -1.98. The maximum absolute atomic E-state index is 12.1. The van der Waals surface area contributed by atoms with Crippen LogP contribution in [0, 0.1) is 11.8 Å². The van der Waals surface area contributed by atoms with Crippen molar-refractivity contribution in [1.82, 2.24) is 0 Å². The highest BCUT2D eigenvalue weighted by Gasteiger charge is 2.39. The summed E-state index contributed by atoms with van der Waals surface area (Å²) in [7, 11) is 0. The minimum atomic E-state index is -0.805. The van der Waals surface area contributed by atoms with Crippen LogP contribution in [0.15, 0.2) is 48.6 Å². The Bertz CT molecular complexity index is 573. The molecule has 0 aromatic rings. The number of carbonyl (C=O) groups is 2. The molecular weight excluding hydrogens is 344 g/mol. The molecule has 1 aliphatic carbocycles. The first kappa shape index (κ1) is 23.1. The number of aliphatic carboxylic acids is 1. The van der Waals surface area contributed by atoms with E-state index in [4.69, 9.17) is 5.11 Å². The molecule has 0 amide bonds. The van der Waals surface area contributed by atoms with E-state index < -0.39 is 18.2 Å². The third-order valence-corrected chi connectivity index (χ3v) is 4.60. The lowest BCUT2D eigenvalue weighted by atomic mass is 9.90. The second kappa shape index (κ2) is 13.2. The lowest BCUT2D eigenvalue weighted by molar-refractivity contribution is -0.136. The summed E-state index contributed by atoms with van der Waals surface area (Å²) >= 11 is 0. The molecule has 5 heteroatoms. The van der Waals surface area contributed by atoms with E-state index in [2.05, 4.69) is 0 Å². The van der Waals surface area contributed by atoms with Gasteiger partial charge in [-0.15, -0.1) is 0 Å². The van der Waals surface area contributed by atoms with Crippen LogP contribution < -0.4 is 0 Å². The van der Waals surface area contributed by atoms with Gasteiger partial charge in [-0.3, -0.25) is 9.59 Å². The first-order chi connectivity index (χ1) is 13.0. The van der Waals surface area contributed by atoms with Gasteiger partial charge in [-0.2, -0.15) is 0 Å². The van der Waals surface area contributed by atoms with Crippen LogP contribution in [0.2, 0.25) is 0 Å². The Morgan fingerprint density at radius 2 is 1.93 bits per heavy atom. The third-order valence-electron chi connectivity index (χ3n) is 4.60. The Labute approximate surface area is 161 Å². The molecule has 0 aliphatic heterocycles. The van der Waals surface area contributed by atoms with Crippen molar-refractivity contribution >= 4 is 11.8 Å². The van der Waals surface area contributed by atoms with Gasteiger partial charge < -0.3 is 15.3 Å². The zero-order chi connectivity index (χ0) is 20.1. The molecule has 0 aromatic carbocycles. The molecule has 1 aliphatic rings. The van der Waals surface area contributed by atoms with Crippen LogP contribution in [0.3, 0.4) is 0 Å². The fourth-order valence-electron chi connectivity index (χ4n) is 3.10. The number of aliphatic hydroxyl groups is 2. The standard InChI is InChI=1S/C22H32O5/c1-2-3-8-11-17(23)14-15-19-18(20(24)16-21(19)25)12-9-6-4-5-7-10-13-22(26)27/h3,5-9,14-15,17-20,23-24H,2,4,10-13,16H2,1H3,(H,26,27)/b7-5-,8-3-,9-6-,15-14+/t17-,18-,19-,20+/m0/s1.